The van der Waals surface area contributed by atoms with E-state index in [0.717, 1.165) is 4.47 Å². The van der Waals surface area contributed by atoms with Gasteiger partial charge in [-0.3, -0.25) is 10.2 Å². The average Bonchev–Trinajstić information content (AvgIpc) is 2.33. The summed E-state index contributed by atoms with van der Waals surface area (Å²) in [5, 5.41) is 0. The Morgan fingerprint density at radius 2 is 1.75 bits per heavy atom. The lowest BCUT2D eigenvalue weighted by molar-refractivity contribution is 0.0954. The van der Waals surface area contributed by atoms with Crippen LogP contribution >= 0.6 is 15.9 Å². The minimum Gasteiger partial charge on any atom is -0.398 e. The van der Waals surface area contributed by atoms with Crippen molar-refractivity contribution in [3.8, 4) is 0 Å². The van der Waals surface area contributed by atoms with Crippen molar-refractivity contribution in [2.24, 2.45) is 5.84 Å². The van der Waals surface area contributed by atoms with Crippen molar-refractivity contribution in [1.29, 1.82) is 0 Å². The van der Waals surface area contributed by atoms with Crippen LogP contribution in [-0.2, 0) is 0 Å². The lowest BCUT2D eigenvalue weighted by atomic mass is 10.2. The number of carbonyl (C=O) groups excluding carboxylic acids is 1. The van der Waals surface area contributed by atoms with Gasteiger partial charge in [-0.15, -0.1) is 0 Å². The summed E-state index contributed by atoms with van der Waals surface area (Å²) in [7, 11) is 0. The number of nitrogens with one attached hydrogen (secondary N) is 1. The van der Waals surface area contributed by atoms with Gasteiger partial charge in [0.15, 0.2) is 0 Å². The highest BCUT2D eigenvalue weighted by Crippen LogP contribution is 2.17. The number of hydrazine groups is 1. The molecule has 0 aliphatic carbocycles. The first-order chi connectivity index (χ1) is 7.65. The molecule has 0 bridgehead atoms. The van der Waals surface area contributed by atoms with E-state index >= 15 is 0 Å². The number of hydrogen-bond donors (Lipinski definition) is 3. The molecule has 0 spiro atoms. The molecule has 16 heavy (non-hydrogen) atoms. The molecule has 0 radical (unpaired) electrons. The van der Waals surface area contributed by atoms with Crippen molar-refractivity contribution in [2.45, 2.75) is 27.7 Å². The Kier molecular flexibility index (Phi) is 11.3. The monoisotopic (exact) mass is 289 g/mol. The van der Waals surface area contributed by atoms with E-state index in [0.29, 0.717) is 11.3 Å². The van der Waals surface area contributed by atoms with Crippen molar-refractivity contribution in [3.05, 3.63) is 28.2 Å². The van der Waals surface area contributed by atoms with E-state index < -0.39 is 0 Å². The summed E-state index contributed by atoms with van der Waals surface area (Å²) in [4.78, 5) is 11.0. The Labute approximate surface area is 105 Å². The van der Waals surface area contributed by atoms with Gasteiger partial charge in [0, 0.05) is 10.2 Å². The van der Waals surface area contributed by atoms with Crippen molar-refractivity contribution in [1.82, 2.24) is 5.43 Å². The summed E-state index contributed by atoms with van der Waals surface area (Å²) < 4.78 is 0.827. The second-order valence-electron chi connectivity index (χ2n) is 2.21. The number of nitrogen functional groups attached to an aromatic ring is 2. The maximum atomic E-state index is 11.0. The second kappa shape index (κ2) is 10.4. The highest BCUT2D eigenvalue weighted by atomic mass is 79.9. The van der Waals surface area contributed by atoms with Gasteiger partial charge in [-0.2, -0.15) is 0 Å². The molecule has 1 aromatic carbocycles. The number of halogens is 1. The van der Waals surface area contributed by atoms with E-state index in [9.17, 15) is 4.79 Å². The summed E-state index contributed by atoms with van der Waals surface area (Å²) in [5.41, 5.74) is 8.33. The molecule has 0 saturated carbocycles. The third kappa shape index (κ3) is 5.72. The van der Waals surface area contributed by atoms with Crippen molar-refractivity contribution < 1.29 is 4.79 Å². The molecule has 0 atom stereocenters. The van der Waals surface area contributed by atoms with Crippen molar-refractivity contribution in [2.75, 3.05) is 5.73 Å². The van der Waals surface area contributed by atoms with Crippen LogP contribution in [0.2, 0.25) is 0 Å². The van der Waals surface area contributed by atoms with Crippen molar-refractivity contribution in [3.63, 3.8) is 0 Å². The van der Waals surface area contributed by atoms with Crippen molar-refractivity contribution >= 4 is 27.5 Å². The van der Waals surface area contributed by atoms with Gasteiger partial charge in [-0.05, 0) is 18.2 Å². The molecule has 1 rings (SSSR count). The molecule has 0 unspecified atom stereocenters. The van der Waals surface area contributed by atoms with Crippen LogP contribution in [0.1, 0.15) is 38.1 Å². The molecule has 0 aliphatic heterocycles. The number of hydrogen-bond acceptors (Lipinski definition) is 3. The molecule has 5 heteroatoms. The summed E-state index contributed by atoms with van der Waals surface area (Å²) in [6.45, 7) is 8.00. The Morgan fingerprint density at radius 1 is 1.25 bits per heavy atom. The van der Waals surface area contributed by atoms with Gasteiger partial charge < -0.3 is 5.73 Å². The zero-order valence-electron chi connectivity index (χ0n) is 10.2. The summed E-state index contributed by atoms with van der Waals surface area (Å²) in [5.74, 6) is 4.56. The van der Waals surface area contributed by atoms with E-state index in [-0.39, 0.29) is 5.91 Å². The Bertz CT molecular complexity index is 316. The molecule has 5 N–H and O–H groups in total. The van der Waals surface area contributed by atoms with E-state index in [1.54, 1.807) is 18.2 Å². The molecule has 0 fully saturated rings. The predicted molar refractivity (Wildman–Crippen MR) is 72.9 cm³/mol. The normalized spacial score (nSPS) is 7.88. The molecular formula is C11H20BrN3O. The first-order valence-corrected chi connectivity index (χ1v) is 6.00. The van der Waals surface area contributed by atoms with Gasteiger partial charge in [0.05, 0.1) is 5.56 Å². The minimum atomic E-state index is -0.389. The second-order valence-corrected chi connectivity index (χ2v) is 3.12. The Morgan fingerprint density at radius 3 is 2.12 bits per heavy atom. The van der Waals surface area contributed by atoms with Crippen LogP contribution in [0.3, 0.4) is 0 Å². The largest absolute Gasteiger partial charge is 0.398 e. The van der Waals surface area contributed by atoms with Gasteiger partial charge in [-0.25, -0.2) is 5.84 Å². The summed E-state index contributed by atoms with van der Waals surface area (Å²) >= 11 is 3.22. The zero-order valence-corrected chi connectivity index (χ0v) is 11.8. The molecule has 4 nitrogen and oxygen atoms in total. The van der Waals surface area contributed by atoms with Crippen LogP contribution in [0.4, 0.5) is 5.69 Å². The van der Waals surface area contributed by atoms with Gasteiger partial charge in [-0.1, -0.05) is 43.6 Å². The third-order valence-electron chi connectivity index (χ3n) is 1.39. The van der Waals surface area contributed by atoms with E-state index in [4.69, 9.17) is 11.6 Å². The number of nitrogens with two attached hydrogens (primary N) is 2. The topological polar surface area (TPSA) is 81.1 Å². The summed E-state index contributed by atoms with van der Waals surface area (Å²) in [6.07, 6.45) is 0. The number of carbonyl (C=O) groups is 1. The molecular weight excluding hydrogens is 270 g/mol. The van der Waals surface area contributed by atoms with Crippen LogP contribution in [0, 0.1) is 0 Å². The average molecular weight is 290 g/mol. The fourth-order valence-corrected chi connectivity index (χ4v) is 1.20. The minimum absolute atomic E-state index is 0.376. The number of benzene rings is 1. The Balaban J connectivity index is 0. The molecule has 1 aromatic rings. The lowest BCUT2D eigenvalue weighted by Crippen LogP contribution is -2.30. The number of anilines is 1. The highest BCUT2D eigenvalue weighted by molar-refractivity contribution is 9.10. The molecule has 1 amide bonds. The van der Waals surface area contributed by atoms with Crippen LogP contribution in [-0.4, -0.2) is 5.91 Å². The van der Waals surface area contributed by atoms with E-state index in [1.807, 2.05) is 33.1 Å². The summed E-state index contributed by atoms with van der Waals surface area (Å²) in [6, 6.07) is 4.97. The van der Waals surface area contributed by atoms with Crippen LogP contribution < -0.4 is 17.0 Å². The maximum Gasteiger partial charge on any atom is 0.267 e. The maximum absolute atomic E-state index is 11.0. The molecule has 0 aliphatic rings. The fraction of sp³-hybridized carbons (Fsp3) is 0.364. The first-order valence-electron chi connectivity index (χ1n) is 5.21. The molecule has 0 heterocycles. The zero-order chi connectivity index (χ0) is 13.1. The standard InChI is InChI=1S/C7H8BrN3O.2C2H6/c8-4-1-2-5(6(9)3-4)7(12)11-10;2*1-2/h1-3H,9-10H2,(H,11,12);2*1-2H3. The van der Waals surface area contributed by atoms with Crippen LogP contribution in [0.15, 0.2) is 22.7 Å². The van der Waals surface area contributed by atoms with E-state index in [1.165, 1.54) is 0 Å². The smallest absolute Gasteiger partial charge is 0.267 e. The van der Waals surface area contributed by atoms with Crippen LogP contribution in [0.5, 0.6) is 0 Å². The number of rotatable bonds is 1. The van der Waals surface area contributed by atoms with Crippen LogP contribution in [0.25, 0.3) is 0 Å². The first kappa shape index (κ1) is 17.3. The molecule has 92 valence electrons. The molecule has 0 aromatic heterocycles. The quantitative estimate of drug-likeness (QED) is 0.322. The molecule has 0 saturated heterocycles. The van der Waals surface area contributed by atoms with Gasteiger partial charge in [0.2, 0.25) is 0 Å². The van der Waals surface area contributed by atoms with Gasteiger partial charge in [0.1, 0.15) is 0 Å². The number of amides is 1. The van der Waals surface area contributed by atoms with Gasteiger partial charge in [0.25, 0.3) is 5.91 Å². The Hall–Kier alpha value is -1.07. The lowest BCUT2D eigenvalue weighted by Gasteiger charge is -2.03. The highest BCUT2D eigenvalue weighted by Gasteiger charge is 2.06. The fourth-order valence-electron chi connectivity index (χ4n) is 0.818. The van der Waals surface area contributed by atoms with E-state index in [2.05, 4.69) is 15.9 Å². The predicted octanol–water partition coefficient (Wildman–Crippen LogP) is 2.69. The third-order valence-corrected chi connectivity index (χ3v) is 1.88. The van der Waals surface area contributed by atoms with Gasteiger partial charge >= 0.3 is 0 Å². The SMILES string of the molecule is CC.CC.NNC(=O)c1ccc(Br)cc1N.